The number of ether oxygens (including phenoxy) is 1. The van der Waals surface area contributed by atoms with E-state index >= 15 is 0 Å². The zero-order valence-corrected chi connectivity index (χ0v) is 22.5. The minimum Gasteiger partial charge on any atom is -0.867 e. The van der Waals surface area contributed by atoms with Crippen LogP contribution in [0.1, 0.15) is 31.0 Å². The number of rotatable bonds is 6. The molecule has 4 rings (SSSR count). The summed E-state index contributed by atoms with van der Waals surface area (Å²) in [6, 6.07) is 9.24. The Morgan fingerprint density at radius 2 is 2.03 bits per heavy atom. The van der Waals surface area contributed by atoms with E-state index in [1.165, 1.54) is 16.7 Å². The van der Waals surface area contributed by atoms with Gasteiger partial charge in [0.15, 0.2) is 4.80 Å². The largest absolute Gasteiger partial charge is 0.867 e. The number of nitro groups is 1. The van der Waals surface area contributed by atoms with E-state index in [4.69, 9.17) is 4.74 Å². The Bertz CT molecular complexity index is 1590. The third-order valence-electron chi connectivity index (χ3n) is 5.49. The van der Waals surface area contributed by atoms with E-state index in [0.29, 0.717) is 20.5 Å². The minimum absolute atomic E-state index is 0.0106. The van der Waals surface area contributed by atoms with Gasteiger partial charge in [-0.2, -0.15) is 0 Å². The van der Waals surface area contributed by atoms with Gasteiger partial charge in [0.2, 0.25) is 0 Å². The van der Waals surface area contributed by atoms with Crippen LogP contribution in [0.3, 0.4) is 0 Å². The number of allylic oxidation sites excluding steroid dienone is 1. The molecule has 1 atom stereocenters. The molecule has 3 aromatic rings. The van der Waals surface area contributed by atoms with Gasteiger partial charge in [-0.05, 0) is 61.3 Å². The number of hydrogen-bond donors (Lipinski definition) is 0. The number of thioether (sulfide) groups is 1. The lowest BCUT2D eigenvalue weighted by atomic mass is 9.96. The van der Waals surface area contributed by atoms with Gasteiger partial charge in [-0.25, -0.2) is 9.79 Å². The molecular weight excluding hydrogens is 570 g/mol. The summed E-state index contributed by atoms with van der Waals surface area (Å²) in [6.45, 7) is 3.54. The highest BCUT2D eigenvalue weighted by atomic mass is 79.9. The van der Waals surface area contributed by atoms with Gasteiger partial charge in [0.1, 0.15) is 0 Å². The fourth-order valence-corrected chi connectivity index (χ4v) is 5.79. The van der Waals surface area contributed by atoms with Crippen molar-refractivity contribution in [2.45, 2.75) is 24.8 Å². The van der Waals surface area contributed by atoms with Crippen LogP contribution in [0.2, 0.25) is 0 Å². The maximum atomic E-state index is 13.6. The summed E-state index contributed by atoms with van der Waals surface area (Å²) in [7, 11) is 0. The lowest BCUT2D eigenvalue weighted by Gasteiger charge is -2.24. The first-order valence-electron chi connectivity index (χ1n) is 10.6. The standard InChI is InChI=1S/C24H20BrN3O6S2/c1-4-34-23(31)19-12(2)26-24-27(20(19)13-5-7-16(35-3)8-6-13)22(30)18(36-24)10-14-9-15(25)11-17(21(14)29)28(32)33/h5-11,20,29H,4H2,1-3H3/p-1/b18-10-/t20-/m1/s1. The number of benzene rings is 2. The monoisotopic (exact) mass is 588 g/mol. The first-order chi connectivity index (χ1) is 17.2. The summed E-state index contributed by atoms with van der Waals surface area (Å²) in [5.74, 6) is -1.38. The second-order valence-corrected chi connectivity index (χ2v) is 10.5. The van der Waals surface area contributed by atoms with E-state index in [-0.39, 0.29) is 22.3 Å². The fourth-order valence-electron chi connectivity index (χ4n) is 3.88. The number of thiazole rings is 1. The van der Waals surface area contributed by atoms with E-state index in [1.807, 2.05) is 30.5 Å². The lowest BCUT2D eigenvalue weighted by molar-refractivity contribution is -0.398. The van der Waals surface area contributed by atoms with Crippen molar-refractivity contribution in [3.8, 4) is 5.75 Å². The van der Waals surface area contributed by atoms with E-state index in [1.54, 1.807) is 25.6 Å². The maximum absolute atomic E-state index is 13.6. The van der Waals surface area contributed by atoms with E-state index in [0.717, 1.165) is 22.3 Å². The van der Waals surface area contributed by atoms with Gasteiger partial charge in [0.05, 0.1) is 33.4 Å². The third kappa shape index (κ3) is 4.75. The molecule has 0 saturated heterocycles. The van der Waals surface area contributed by atoms with Crippen molar-refractivity contribution in [1.82, 2.24) is 4.57 Å². The van der Waals surface area contributed by atoms with Crippen LogP contribution < -0.4 is 20.0 Å². The van der Waals surface area contributed by atoms with Gasteiger partial charge in [0, 0.05) is 15.4 Å². The number of aromatic nitrogens is 1. The van der Waals surface area contributed by atoms with Crippen LogP contribution in [0.25, 0.3) is 6.08 Å². The topological polar surface area (TPSA) is 127 Å². The van der Waals surface area contributed by atoms with Crippen LogP contribution in [0.4, 0.5) is 5.69 Å². The van der Waals surface area contributed by atoms with E-state index in [2.05, 4.69) is 20.9 Å². The first kappa shape index (κ1) is 25.9. The Balaban J connectivity index is 1.97. The second-order valence-electron chi connectivity index (χ2n) is 7.68. The van der Waals surface area contributed by atoms with Crippen LogP contribution in [0.15, 0.2) is 66.8 Å². The zero-order valence-electron chi connectivity index (χ0n) is 19.3. The molecule has 0 radical (unpaired) electrons. The van der Waals surface area contributed by atoms with Crippen LogP contribution in [0, 0.1) is 10.1 Å². The first-order valence-corrected chi connectivity index (χ1v) is 13.5. The average molecular weight is 589 g/mol. The summed E-state index contributed by atoms with van der Waals surface area (Å²) in [6.07, 6.45) is 3.27. The molecule has 186 valence electrons. The number of carbonyl (C=O) groups excluding carboxylic acids is 1. The number of nitrogens with zero attached hydrogens (tertiary/aromatic N) is 3. The molecule has 0 spiro atoms. The van der Waals surface area contributed by atoms with Gasteiger partial charge >= 0.3 is 5.97 Å². The maximum Gasteiger partial charge on any atom is 0.338 e. The molecule has 0 saturated carbocycles. The summed E-state index contributed by atoms with van der Waals surface area (Å²) in [5, 5.41) is 23.9. The molecule has 2 heterocycles. The van der Waals surface area contributed by atoms with Crippen molar-refractivity contribution in [1.29, 1.82) is 0 Å². The molecule has 0 N–H and O–H groups in total. The predicted molar refractivity (Wildman–Crippen MR) is 139 cm³/mol. The molecule has 1 aliphatic heterocycles. The SMILES string of the molecule is CCOC(=O)C1=C(C)N=c2s/c(=C\c3cc(Br)cc([N+](=O)[O-])c3[O-])c(=O)n2[C@@H]1c1ccc(SC)cc1. The normalized spacial score (nSPS) is 15.4. The highest BCUT2D eigenvalue weighted by molar-refractivity contribution is 9.10. The Labute approximate surface area is 221 Å². The number of nitro benzene ring substituents is 1. The third-order valence-corrected chi connectivity index (χ3v) is 7.68. The molecule has 1 aliphatic rings. The molecule has 0 unspecified atom stereocenters. The Kier molecular flexibility index (Phi) is 7.48. The van der Waals surface area contributed by atoms with Gasteiger partial charge < -0.3 is 9.84 Å². The number of esters is 1. The highest BCUT2D eigenvalue weighted by Gasteiger charge is 2.33. The molecule has 0 bridgehead atoms. The van der Waals surface area contributed by atoms with Gasteiger partial charge in [-0.1, -0.05) is 39.4 Å². The molecule has 0 fully saturated rings. The molecule has 9 nitrogen and oxygen atoms in total. The second kappa shape index (κ2) is 10.4. The number of carbonyl (C=O) groups is 1. The van der Waals surface area contributed by atoms with Crippen molar-refractivity contribution in [2.75, 3.05) is 12.9 Å². The van der Waals surface area contributed by atoms with Crippen molar-refractivity contribution >= 4 is 56.8 Å². The van der Waals surface area contributed by atoms with Crippen molar-refractivity contribution in [3.05, 3.63) is 93.1 Å². The molecule has 0 amide bonds. The fraction of sp³-hybridized carbons (Fsp3) is 0.208. The van der Waals surface area contributed by atoms with Crippen LogP contribution in [0.5, 0.6) is 5.75 Å². The Morgan fingerprint density at radius 1 is 1.33 bits per heavy atom. The van der Waals surface area contributed by atoms with Gasteiger partial charge in [-0.3, -0.25) is 19.5 Å². The van der Waals surface area contributed by atoms with Crippen molar-refractivity contribution in [2.24, 2.45) is 4.99 Å². The molecule has 0 aliphatic carbocycles. The number of hydrogen-bond acceptors (Lipinski definition) is 9. The predicted octanol–water partition coefficient (Wildman–Crippen LogP) is 3.26. The Hall–Kier alpha value is -3.22. The van der Waals surface area contributed by atoms with E-state index < -0.39 is 33.9 Å². The molecule has 2 aromatic carbocycles. The quantitative estimate of drug-likeness (QED) is 0.187. The Morgan fingerprint density at radius 3 is 2.64 bits per heavy atom. The molecule has 1 aromatic heterocycles. The smallest absolute Gasteiger partial charge is 0.338 e. The minimum atomic E-state index is -0.804. The van der Waals surface area contributed by atoms with Gasteiger partial charge in [0.25, 0.3) is 11.2 Å². The summed E-state index contributed by atoms with van der Waals surface area (Å²) < 4.78 is 7.17. The van der Waals surface area contributed by atoms with Crippen LogP contribution in [-0.4, -0.2) is 28.3 Å². The van der Waals surface area contributed by atoms with Gasteiger partial charge in [-0.15, -0.1) is 11.8 Å². The van der Waals surface area contributed by atoms with E-state index in [9.17, 15) is 24.8 Å². The summed E-state index contributed by atoms with van der Waals surface area (Å²) in [5.41, 5.74) is 0.270. The van der Waals surface area contributed by atoms with Crippen LogP contribution >= 0.6 is 39.0 Å². The number of fused-ring (bicyclic) bond motifs is 1. The molecule has 36 heavy (non-hydrogen) atoms. The zero-order chi connectivity index (χ0) is 26.1. The molecule has 12 heteroatoms. The van der Waals surface area contributed by atoms with Crippen LogP contribution in [-0.2, 0) is 9.53 Å². The summed E-state index contributed by atoms with van der Waals surface area (Å²) in [4.78, 5) is 42.9. The lowest BCUT2D eigenvalue weighted by Crippen LogP contribution is -2.39. The van der Waals surface area contributed by atoms with Crippen molar-refractivity contribution in [3.63, 3.8) is 0 Å². The molecular formula is C24H19BrN3O6S2-. The number of halogens is 1. The highest BCUT2D eigenvalue weighted by Crippen LogP contribution is 2.33. The van der Waals surface area contributed by atoms with Crippen molar-refractivity contribution < 1.29 is 19.6 Å². The average Bonchev–Trinajstić information content (AvgIpc) is 3.14. The summed E-state index contributed by atoms with van der Waals surface area (Å²) >= 11 is 5.78.